The molecule has 120 valence electrons. The second kappa shape index (κ2) is 6.73. The molecule has 1 aliphatic heterocycles. The number of hydrogen-bond donors (Lipinski definition) is 1. The highest BCUT2D eigenvalue weighted by atomic mass is 19.2. The summed E-state index contributed by atoms with van der Waals surface area (Å²) in [4.78, 5) is 18.5. The number of anilines is 2. The second-order valence-corrected chi connectivity index (χ2v) is 5.53. The van der Waals surface area contributed by atoms with Gasteiger partial charge in [0.05, 0.1) is 0 Å². The molecule has 0 bridgehead atoms. The molecule has 2 heterocycles. The number of nitrogens with zero attached hydrogens (tertiary/aromatic N) is 2. The summed E-state index contributed by atoms with van der Waals surface area (Å²) in [5, 5.41) is 2.53. The predicted molar refractivity (Wildman–Crippen MR) is 84.6 cm³/mol. The molecule has 1 saturated heterocycles. The molecule has 3 rings (SSSR count). The van der Waals surface area contributed by atoms with Crippen LogP contribution in [-0.4, -0.2) is 24.0 Å². The minimum absolute atomic E-state index is 0.194. The van der Waals surface area contributed by atoms with E-state index in [0.29, 0.717) is 0 Å². The van der Waals surface area contributed by atoms with Crippen LogP contribution in [0.3, 0.4) is 0 Å². The topological polar surface area (TPSA) is 45.2 Å². The van der Waals surface area contributed by atoms with E-state index in [1.807, 2.05) is 6.07 Å². The number of piperidine rings is 1. The third-order valence-electron chi connectivity index (χ3n) is 3.87. The highest BCUT2D eigenvalue weighted by Crippen LogP contribution is 2.20. The van der Waals surface area contributed by atoms with E-state index in [2.05, 4.69) is 15.2 Å². The van der Waals surface area contributed by atoms with Crippen molar-refractivity contribution in [3.63, 3.8) is 0 Å². The molecule has 1 aliphatic rings. The Bertz CT molecular complexity index is 715. The first-order valence-corrected chi connectivity index (χ1v) is 7.61. The first-order valence-electron chi connectivity index (χ1n) is 7.61. The number of aromatic nitrogens is 1. The van der Waals surface area contributed by atoms with E-state index < -0.39 is 17.5 Å². The van der Waals surface area contributed by atoms with Gasteiger partial charge in [-0.15, -0.1) is 0 Å². The number of halogens is 2. The fourth-order valence-corrected chi connectivity index (χ4v) is 2.66. The van der Waals surface area contributed by atoms with Gasteiger partial charge in [-0.1, -0.05) is 0 Å². The molecule has 6 heteroatoms. The third kappa shape index (κ3) is 3.64. The van der Waals surface area contributed by atoms with Gasteiger partial charge in [-0.2, -0.15) is 0 Å². The third-order valence-corrected chi connectivity index (χ3v) is 3.87. The Kier molecular flexibility index (Phi) is 4.50. The number of pyridine rings is 1. The number of hydrogen-bond acceptors (Lipinski definition) is 3. The average molecular weight is 317 g/mol. The SMILES string of the molecule is O=C(Nc1ccc(F)c(F)c1)c1cc(N2CCCCC2)ccn1. The summed E-state index contributed by atoms with van der Waals surface area (Å²) < 4.78 is 26.1. The highest BCUT2D eigenvalue weighted by molar-refractivity contribution is 6.03. The summed E-state index contributed by atoms with van der Waals surface area (Å²) in [5.41, 5.74) is 1.40. The van der Waals surface area contributed by atoms with Crippen molar-refractivity contribution in [1.29, 1.82) is 0 Å². The van der Waals surface area contributed by atoms with Crippen molar-refractivity contribution in [3.05, 3.63) is 53.9 Å². The number of carbonyl (C=O) groups is 1. The smallest absolute Gasteiger partial charge is 0.274 e. The van der Waals surface area contributed by atoms with E-state index in [9.17, 15) is 13.6 Å². The lowest BCUT2D eigenvalue weighted by molar-refractivity contribution is 0.102. The van der Waals surface area contributed by atoms with E-state index in [4.69, 9.17) is 0 Å². The zero-order valence-electron chi connectivity index (χ0n) is 12.6. The molecule has 1 amide bonds. The maximum Gasteiger partial charge on any atom is 0.274 e. The lowest BCUT2D eigenvalue weighted by atomic mass is 10.1. The quantitative estimate of drug-likeness (QED) is 0.941. The van der Waals surface area contributed by atoms with Crippen molar-refractivity contribution in [2.45, 2.75) is 19.3 Å². The summed E-state index contributed by atoms with van der Waals surface area (Å²) in [5.74, 6) is -2.40. The van der Waals surface area contributed by atoms with E-state index in [-0.39, 0.29) is 11.4 Å². The number of carbonyl (C=O) groups excluding carboxylic acids is 1. The first-order chi connectivity index (χ1) is 11.1. The van der Waals surface area contributed by atoms with Crippen molar-refractivity contribution in [3.8, 4) is 0 Å². The average Bonchev–Trinajstić information content (AvgIpc) is 2.59. The van der Waals surface area contributed by atoms with Gasteiger partial charge in [0.25, 0.3) is 5.91 Å². The van der Waals surface area contributed by atoms with Crippen LogP contribution in [0.4, 0.5) is 20.2 Å². The van der Waals surface area contributed by atoms with Gasteiger partial charge < -0.3 is 10.2 Å². The van der Waals surface area contributed by atoms with Gasteiger partial charge in [-0.25, -0.2) is 8.78 Å². The predicted octanol–water partition coefficient (Wildman–Crippen LogP) is 3.60. The van der Waals surface area contributed by atoms with Gasteiger partial charge in [0.15, 0.2) is 11.6 Å². The molecular weight excluding hydrogens is 300 g/mol. The summed E-state index contributed by atoms with van der Waals surface area (Å²) >= 11 is 0. The van der Waals surface area contributed by atoms with Gasteiger partial charge in [0, 0.05) is 36.7 Å². The molecule has 0 saturated carbocycles. The first kappa shape index (κ1) is 15.4. The standard InChI is InChI=1S/C17H17F2N3O/c18-14-5-4-12(10-15(14)19)21-17(23)16-11-13(6-7-20-16)22-8-2-1-3-9-22/h4-7,10-11H,1-3,8-9H2,(H,21,23). The normalized spacial score (nSPS) is 14.6. The molecule has 23 heavy (non-hydrogen) atoms. The molecule has 1 aromatic heterocycles. The summed E-state index contributed by atoms with van der Waals surface area (Å²) in [7, 11) is 0. The van der Waals surface area contributed by atoms with Gasteiger partial charge in [-0.05, 0) is 43.5 Å². The Morgan fingerprint density at radius 1 is 1.04 bits per heavy atom. The molecule has 0 aliphatic carbocycles. The van der Waals surface area contributed by atoms with Crippen LogP contribution in [0.25, 0.3) is 0 Å². The lowest BCUT2D eigenvalue weighted by Crippen LogP contribution is -2.29. The molecule has 1 N–H and O–H groups in total. The highest BCUT2D eigenvalue weighted by Gasteiger charge is 2.14. The van der Waals surface area contributed by atoms with Crippen LogP contribution in [-0.2, 0) is 0 Å². The Labute approximate surface area is 133 Å². The molecule has 1 fully saturated rings. The monoisotopic (exact) mass is 317 g/mol. The van der Waals surface area contributed by atoms with Crippen molar-refractivity contribution in [2.24, 2.45) is 0 Å². The maximum atomic E-state index is 13.2. The number of nitrogens with one attached hydrogen (secondary N) is 1. The summed E-state index contributed by atoms with van der Waals surface area (Å²) in [6.07, 6.45) is 5.09. The number of benzene rings is 1. The van der Waals surface area contributed by atoms with Crippen LogP contribution in [0.5, 0.6) is 0 Å². The van der Waals surface area contributed by atoms with E-state index in [1.165, 1.54) is 12.5 Å². The van der Waals surface area contributed by atoms with E-state index in [0.717, 1.165) is 43.8 Å². The van der Waals surface area contributed by atoms with Gasteiger partial charge in [0.2, 0.25) is 0 Å². The van der Waals surface area contributed by atoms with E-state index in [1.54, 1.807) is 12.3 Å². The van der Waals surface area contributed by atoms with Crippen LogP contribution in [0, 0.1) is 11.6 Å². The van der Waals surface area contributed by atoms with E-state index >= 15 is 0 Å². The molecular formula is C17H17F2N3O. The lowest BCUT2D eigenvalue weighted by Gasteiger charge is -2.28. The van der Waals surface area contributed by atoms with Crippen LogP contribution in [0.15, 0.2) is 36.5 Å². The van der Waals surface area contributed by atoms with Crippen LogP contribution >= 0.6 is 0 Å². The van der Waals surface area contributed by atoms with Crippen LogP contribution < -0.4 is 10.2 Å². The fraction of sp³-hybridized carbons (Fsp3) is 0.294. The minimum Gasteiger partial charge on any atom is -0.371 e. The zero-order chi connectivity index (χ0) is 16.2. The van der Waals surface area contributed by atoms with Gasteiger partial charge in [-0.3, -0.25) is 9.78 Å². The minimum atomic E-state index is -1.00. The molecule has 2 aromatic rings. The molecule has 0 atom stereocenters. The molecule has 0 unspecified atom stereocenters. The largest absolute Gasteiger partial charge is 0.371 e. The molecule has 1 aromatic carbocycles. The van der Waals surface area contributed by atoms with Crippen molar-refractivity contribution >= 4 is 17.3 Å². The van der Waals surface area contributed by atoms with Crippen molar-refractivity contribution in [2.75, 3.05) is 23.3 Å². The van der Waals surface area contributed by atoms with Crippen molar-refractivity contribution in [1.82, 2.24) is 4.98 Å². The summed E-state index contributed by atoms with van der Waals surface area (Å²) in [6, 6.07) is 6.83. The van der Waals surface area contributed by atoms with Crippen LogP contribution in [0.1, 0.15) is 29.8 Å². The number of rotatable bonds is 3. The van der Waals surface area contributed by atoms with Gasteiger partial charge >= 0.3 is 0 Å². The van der Waals surface area contributed by atoms with Gasteiger partial charge in [0.1, 0.15) is 5.69 Å². The summed E-state index contributed by atoms with van der Waals surface area (Å²) in [6.45, 7) is 1.93. The zero-order valence-corrected chi connectivity index (χ0v) is 12.6. The Balaban J connectivity index is 1.75. The molecule has 0 spiro atoms. The number of amides is 1. The Morgan fingerprint density at radius 3 is 2.57 bits per heavy atom. The molecule has 4 nitrogen and oxygen atoms in total. The Morgan fingerprint density at radius 2 is 1.83 bits per heavy atom. The molecule has 0 radical (unpaired) electrons. The second-order valence-electron chi connectivity index (χ2n) is 5.53. The van der Waals surface area contributed by atoms with Crippen molar-refractivity contribution < 1.29 is 13.6 Å². The van der Waals surface area contributed by atoms with Crippen LogP contribution in [0.2, 0.25) is 0 Å². The Hall–Kier alpha value is -2.50. The maximum absolute atomic E-state index is 13.2. The fourth-order valence-electron chi connectivity index (χ4n) is 2.66.